The van der Waals surface area contributed by atoms with Crippen LogP contribution in [0.4, 0.5) is 5.69 Å². The summed E-state index contributed by atoms with van der Waals surface area (Å²) in [4.78, 5) is 2.50. The molecule has 1 saturated heterocycles. The Labute approximate surface area is 104 Å². The molecule has 0 saturated carbocycles. The van der Waals surface area contributed by atoms with Gasteiger partial charge in [0.1, 0.15) is 0 Å². The molecule has 0 atom stereocenters. The van der Waals surface area contributed by atoms with E-state index < -0.39 is 0 Å². The summed E-state index contributed by atoms with van der Waals surface area (Å²) in [6, 6.07) is 6.68. The molecule has 2 rings (SSSR count). The van der Waals surface area contributed by atoms with Crippen LogP contribution in [-0.2, 0) is 0 Å². The van der Waals surface area contributed by atoms with Crippen molar-refractivity contribution in [3.8, 4) is 0 Å². The molecule has 0 aromatic heterocycles. The van der Waals surface area contributed by atoms with Gasteiger partial charge in [-0.05, 0) is 56.2 Å². The van der Waals surface area contributed by atoms with Crippen LogP contribution in [0.3, 0.4) is 0 Å². The third-order valence-corrected chi connectivity index (χ3v) is 3.86. The summed E-state index contributed by atoms with van der Waals surface area (Å²) in [6.45, 7) is 6.95. The van der Waals surface area contributed by atoms with Crippen molar-refractivity contribution in [2.24, 2.45) is 5.92 Å². The second kappa shape index (κ2) is 5.54. The largest absolute Gasteiger partial charge is 0.396 e. The number of piperidine rings is 1. The first-order chi connectivity index (χ1) is 8.20. The molecule has 2 heteroatoms. The van der Waals surface area contributed by atoms with E-state index in [1.165, 1.54) is 29.7 Å². The van der Waals surface area contributed by atoms with Crippen molar-refractivity contribution in [1.82, 2.24) is 0 Å². The van der Waals surface area contributed by atoms with Gasteiger partial charge in [-0.15, -0.1) is 0 Å². The van der Waals surface area contributed by atoms with Gasteiger partial charge in [0.2, 0.25) is 0 Å². The van der Waals surface area contributed by atoms with Crippen molar-refractivity contribution in [1.29, 1.82) is 0 Å². The fraction of sp³-hybridized carbons (Fsp3) is 0.600. The van der Waals surface area contributed by atoms with E-state index in [-0.39, 0.29) is 0 Å². The monoisotopic (exact) mass is 233 g/mol. The normalized spacial score (nSPS) is 17.5. The van der Waals surface area contributed by atoms with Crippen LogP contribution in [0.25, 0.3) is 0 Å². The van der Waals surface area contributed by atoms with Crippen LogP contribution >= 0.6 is 0 Å². The van der Waals surface area contributed by atoms with Gasteiger partial charge >= 0.3 is 0 Å². The number of aliphatic hydroxyl groups is 1. The van der Waals surface area contributed by atoms with Gasteiger partial charge in [0.05, 0.1) is 0 Å². The fourth-order valence-corrected chi connectivity index (χ4v) is 2.71. The molecule has 94 valence electrons. The average Bonchev–Trinajstić information content (AvgIpc) is 2.34. The zero-order valence-electron chi connectivity index (χ0n) is 10.9. The quantitative estimate of drug-likeness (QED) is 0.867. The lowest BCUT2D eigenvalue weighted by atomic mass is 9.93. The van der Waals surface area contributed by atoms with E-state index in [9.17, 15) is 0 Å². The van der Waals surface area contributed by atoms with Gasteiger partial charge in [0, 0.05) is 25.4 Å². The molecule has 0 spiro atoms. The van der Waals surface area contributed by atoms with Gasteiger partial charge in [-0.2, -0.15) is 0 Å². The Bertz CT molecular complexity index is 367. The number of hydrogen-bond donors (Lipinski definition) is 1. The van der Waals surface area contributed by atoms with E-state index >= 15 is 0 Å². The fourth-order valence-electron chi connectivity index (χ4n) is 2.71. The SMILES string of the molecule is Cc1ccc(C)c(N2CCC(CCO)CC2)c1. The van der Waals surface area contributed by atoms with Crippen molar-refractivity contribution in [3.05, 3.63) is 29.3 Å². The first-order valence-corrected chi connectivity index (χ1v) is 6.64. The summed E-state index contributed by atoms with van der Waals surface area (Å²) in [5.74, 6) is 0.723. The van der Waals surface area contributed by atoms with E-state index in [1.807, 2.05) is 0 Å². The molecule has 2 nitrogen and oxygen atoms in total. The Morgan fingerprint density at radius 1 is 1.24 bits per heavy atom. The number of aryl methyl sites for hydroxylation is 2. The average molecular weight is 233 g/mol. The van der Waals surface area contributed by atoms with Crippen molar-refractivity contribution in [3.63, 3.8) is 0 Å². The third kappa shape index (κ3) is 3.01. The molecule has 1 aromatic carbocycles. The van der Waals surface area contributed by atoms with E-state index in [0.29, 0.717) is 6.61 Å². The maximum absolute atomic E-state index is 8.97. The topological polar surface area (TPSA) is 23.5 Å². The lowest BCUT2D eigenvalue weighted by Gasteiger charge is -2.34. The first-order valence-electron chi connectivity index (χ1n) is 6.64. The van der Waals surface area contributed by atoms with E-state index in [0.717, 1.165) is 25.4 Å². The number of rotatable bonds is 3. The Morgan fingerprint density at radius 2 is 1.94 bits per heavy atom. The summed E-state index contributed by atoms with van der Waals surface area (Å²) in [5.41, 5.74) is 4.10. The van der Waals surface area contributed by atoms with Gasteiger partial charge in [-0.1, -0.05) is 12.1 Å². The molecule has 1 heterocycles. The maximum Gasteiger partial charge on any atom is 0.0433 e. The number of nitrogens with zero attached hydrogens (tertiary/aromatic N) is 1. The molecule has 1 N–H and O–H groups in total. The van der Waals surface area contributed by atoms with Crippen molar-refractivity contribution >= 4 is 5.69 Å². The first kappa shape index (κ1) is 12.4. The Balaban J connectivity index is 2.02. The Hall–Kier alpha value is -1.02. The molecular formula is C15H23NO. The molecule has 0 bridgehead atoms. The van der Waals surface area contributed by atoms with Crippen LogP contribution < -0.4 is 4.90 Å². The predicted molar refractivity (Wildman–Crippen MR) is 72.6 cm³/mol. The lowest BCUT2D eigenvalue weighted by molar-refractivity contribution is 0.240. The minimum Gasteiger partial charge on any atom is -0.396 e. The third-order valence-electron chi connectivity index (χ3n) is 3.86. The maximum atomic E-state index is 8.97. The summed E-state index contributed by atoms with van der Waals surface area (Å²) in [5, 5.41) is 8.97. The van der Waals surface area contributed by atoms with Gasteiger partial charge in [-0.3, -0.25) is 0 Å². The van der Waals surface area contributed by atoms with Gasteiger partial charge < -0.3 is 10.0 Å². The molecule has 0 unspecified atom stereocenters. The molecular weight excluding hydrogens is 210 g/mol. The lowest BCUT2D eigenvalue weighted by Crippen LogP contribution is -2.34. The number of aliphatic hydroxyl groups excluding tert-OH is 1. The molecule has 1 aromatic rings. The van der Waals surface area contributed by atoms with Crippen LogP contribution in [0.2, 0.25) is 0 Å². The second-order valence-corrected chi connectivity index (χ2v) is 5.23. The highest BCUT2D eigenvalue weighted by Gasteiger charge is 2.19. The van der Waals surface area contributed by atoms with E-state index in [1.54, 1.807) is 0 Å². The number of benzene rings is 1. The van der Waals surface area contributed by atoms with Gasteiger partial charge in [0.15, 0.2) is 0 Å². The van der Waals surface area contributed by atoms with Crippen molar-refractivity contribution in [2.45, 2.75) is 33.1 Å². The van der Waals surface area contributed by atoms with Crippen LogP contribution in [-0.4, -0.2) is 24.8 Å². The molecule has 1 aliphatic rings. The molecule has 17 heavy (non-hydrogen) atoms. The highest BCUT2D eigenvalue weighted by atomic mass is 16.3. The van der Waals surface area contributed by atoms with Crippen molar-refractivity contribution in [2.75, 3.05) is 24.6 Å². The van der Waals surface area contributed by atoms with Crippen LogP contribution in [0.5, 0.6) is 0 Å². The highest BCUT2D eigenvalue weighted by Crippen LogP contribution is 2.28. The standard InChI is InChI=1S/C15H23NO/c1-12-3-4-13(2)15(11-12)16-8-5-14(6-9-16)7-10-17/h3-4,11,14,17H,5-10H2,1-2H3. The van der Waals surface area contributed by atoms with Crippen LogP contribution in [0.1, 0.15) is 30.4 Å². The predicted octanol–water partition coefficient (Wildman–Crippen LogP) is 2.90. The van der Waals surface area contributed by atoms with Crippen LogP contribution in [0.15, 0.2) is 18.2 Å². The van der Waals surface area contributed by atoms with Gasteiger partial charge in [0.25, 0.3) is 0 Å². The molecule has 0 aliphatic carbocycles. The minimum absolute atomic E-state index is 0.341. The van der Waals surface area contributed by atoms with E-state index in [4.69, 9.17) is 5.11 Å². The molecule has 1 fully saturated rings. The zero-order chi connectivity index (χ0) is 12.3. The Kier molecular flexibility index (Phi) is 4.06. The number of hydrogen-bond acceptors (Lipinski definition) is 2. The Morgan fingerprint density at radius 3 is 2.59 bits per heavy atom. The zero-order valence-corrected chi connectivity index (χ0v) is 10.9. The minimum atomic E-state index is 0.341. The second-order valence-electron chi connectivity index (χ2n) is 5.23. The smallest absolute Gasteiger partial charge is 0.0433 e. The molecule has 1 aliphatic heterocycles. The number of anilines is 1. The molecule has 0 radical (unpaired) electrons. The summed E-state index contributed by atoms with van der Waals surface area (Å²) < 4.78 is 0. The van der Waals surface area contributed by atoms with Crippen LogP contribution in [0, 0.1) is 19.8 Å². The summed E-state index contributed by atoms with van der Waals surface area (Å²) >= 11 is 0. The van der Waals surface area contributed by atoms with Crippen molar-refractivity contribution < 1.29 is 5.11 Å². The summed E-state index contributed by atoms with van der Waals surface area (Å²) in [7, 11) is 0. The highest BCUT2D eigenvalue weighted by molar-refractivity contribution is 5.55. The summed E-state index contributed by atoms with van der Waals surface area (Å²) in [6.07, 6.45) is 3.41. The van der Waals surface area contributed by atoms with Gasteiger partial charge in [-0.25, -0.2) is 0 Å². The van der Waals surface area contributed by atoms with E-state index in [2.05, 4.69) is 36.9 Å². The molecule has 0 amide bonds.